The monoisotopic (exact) mass is 507 g/mol. The maximum Gasteiger partial charge on any atom is 0.281 e. The number of fused-ring (bicyclic) bond motifs is 1. The second kappa shape index (κ2) is 11.7. The van der Waals surface area contributed by atoms with Crippen LogP contribution in [0.25, 0.3) is 0 Å². The molecular weight excluding hydrogens is 478 g/mol. The largest absolute Gasteiger partial charge is 0.497 e. The molecule has 8 nitrogen and oxygen atoms in total. The van der Waals surface area contributed by atoms with Gasteiger partial charge in [0.05, 0.1) is 25.3 Å². The normalized spacial score (nSPS) is 14.7. The standard InChI is InChI=1S/C27H29N3O5S/c1-17-4-11-24-19(12-17)14-25(36-24)27(32)30-28-15-18-5-10-22(23(13-18)34-3)35-16-26(31)29-20-6-8-21(33-2)9-7-20/h5-10,13-15,17H,4,11-12,16H2,1-3H3,(H,29,31)(H,30,32)/b28-15+. The van der Waals surface area contributed by atoms with E-state index in [1.165, 1.54) is 30.2 Å². The summed E-state index contributed by atoms with van der Waals surface area (Å²) in [6.45, 7) is 2.06. The van der Waals surface area contributed by atoms with Crippen molar-refractivity contribution in [3.8, 4) is 17.2 Å². The van der Waals surface area contributed by atoms with Gasteiger partial charge in [0.1, 0.15) is 5.75 Å². The third-order valence-corrected chi connectivity index (χ3v) is 7.09. The number of hydrazone groups is 1. The minimum atomic E-state index is -0.305. The van der Waals surface area contributed by atoms with Crippen LogP contribution in [0, 0.1) is 5.92 Å². The van der Waals surface area contributed by atoms with Crippen LogP contribution in [0.1, 0.15) is 39.0 Å². The van der Waals surface area contributed by atoms with Crippen molar-refractivity contribution in [1.82, 2.24) is 5.43 Å². The van der Waals surface area contributed by atoms with Crippen LogP contribution < -0.4 is 25.0 Å². The van der Waals surface area contributed by atoms with Crippen LogP contribution in [0.4, 0.5) is 5.69 Å². The summed E-state index contributed by atoms with van der Waals surface area (Å²) in [7, 11) is 3.10. The first-order chi connectivity index (χ1) is 17.4. The molecule has 4 rings (SSSR count). The van der Waals surface area contributed by atoms with E-state index in [1.54, 1.807) is 60.9 Å². The fraction of sp³-hybridized carbons (Fsp3) is 0.296. The van der Waals surface area contributed by atoms with Gasteiger partial charge in [-0.1, -0.05) is 6.92 Å². The van der Waals surface area contributed by atoms with Crippen molar-refractivity contribution in [1.29, 1.82) is 0 Å². The first-order valence-corrected chi connectivity index (χ1v) is 12.5. The van der Waals surface area contributed by atoms with E-state index in [2.05, 4.69) is 22.8 Å². The van der Waals surface area contributed by atoms with E-state index in [9.17, 15) is 9.59 Å². The molecule has 0 radical (unpaired) electrons. The van der Waals surface area contributed by atoms with Gasteiger partial charge < -0.3 is 19.5 Å². The summed E-state index contributed by atoms with van der Waals surface area (Å²) in [5.41, 5.74) is 5.23. The van der Waals surface area contributed by atoms with Gasteiger partial charge in [-0.3, -0.25) is 9.59 Å². The number of nitrogens with zero attached hydrogens (tertiary/aromatic N) is 1. The number of ether oxygens (including phenoxy) is 3. The zero-order valence-electron chi connectivity index (χ0n) is 20.5. The first-order valence-electron chi connectivity index (χ1n) is 11.6. The van der Waals surface area contributed by atoms with Crippen molar-refractivity contribution in [3.63, 3.8) is 0 Å². The fourth-order valence-corrected chi connectivity index (χ4v) is 5.03. The number of hydrogen-bond acceptors (Lipinski definition) is 7. The van der Waals surface area contributed by atoms with Gasteiger partial charge in [-0.05, 0) is 84.8 Å². The second-order valence-corrected chi connectivity index (χ2v) is 9.72. The maximum atomic E-state index is 12.5. The quantitative estimate of drug-likeness (QED) is 0.324. The molecule has 1 aliphatic carbocycles. The van der Waals surface area contributed by atoms with Gasteiger partial charge in [0.15, 0.2) is 18.1 Å². The highest BCUT2D eigenvalue weighted by Crippen LogP contribution is 2.32. The van der Waals surface area contributed by atoms with E-state index in [-0.39, 0.29) is 18.4 Å². The average molecular weight is 508 g/mol. The lowest BCUT2D eigenvalue weighted by Gasteiger charge is -2.16. The van der Waals surface area contributed by atoms with Crippen LogP contribution in [0.5, 0.6) is 17.2 Å². The van der Waals surface area contributed by atoms with Crippen LogP contribution >= 0.6 is 11.3 Å². The number of hydrogen-bond donors (Lipinski definition) is 2. The number of thiophene rings is 1. The van der Waals surface area contributed by atoms with E-state index >= 15 is 0 Å². The molecule has 188 valence electrons. The van der Waals surface area contributed by atoms with E-state index < -0.39 is 0 Å². The number of benzene rings is 2. The Morgan fingerprint density at radius 2 is 1.89 bits per heavy atom. The topological polar surface area (TPSA) is 98.3 Å². The number of nitrogens with one attached hydrogen (secondary N) is 2. The Labute approximate surface area is 214 Å². The van der Waals surface area contributed by atoms with Crippen LogP contribution in [-0.4, -0.2) is 38.9 Å². The number of carbonyl (C=O) groups is 2. The molecule has 0 fully saturated rings. The Hall–Kier alpha value is -3.85. The van der Waals surface area contributed by atoms with Crippen LogP contribution in [0.15, 0.2) is 53.6 Å². The Bertz CT molecular complexity index is 1250. The van der Waals surface area contributed by atoms with Crippen molar-refractivity contribution in [2.24, 2.45) is 11.0 Å². The number of carbonyl (C=O) groups excluding carboxylic acids is 2. The molecule has 2 amide bonds. The summed E-state index contributed by atoms with van der Waals surface area (Å²) in [4.78, 5) is 26.7. The second-order valence-electron chi connectivity index (χ2n) is 8.58. The Morgan fingerprint density at radius 3 is 2.64 bits per heavy atom. The van der Waals surface area contributed by atoms with Gasteiger partial charge in [-0.15, -0.1) is 11.3 Å². The highest BCUT2D eigenvalue weighted by molar-refractivity contribution is 7.14. The molecule has 0 aliphatic heterocycles. The number of anilines is 1. The number of methoxy groups -OCH3 is 2. The predicted octanol–water partition coefficient (Wildman–Crippen LogP) is 4.67. The average Bonchev–Trinajstić information content (AvgIpc) is 3.31. The number of amides is 2. The molecule has 1 aromatic heterocycles. The Kier molecular flexibility index (Phi) is 8.22. The van der Waals surface area contributed by atoms with Crippen LogP contribution in [0.2, 0.25) is 0 Å². The van der Waals surface area contributed by atoms with Crippen molar-refractivity contribution in [3.05, 3.63) is 69.4 Å². The Balaban J connectivity index is 1.30. The molecule has 2 N–H and O–H groups in total. The summed E-state index contributed by atoms with van der Waals surface area (Å²) in [5.74, 6) is 1.71. The molecule has 3 aromatic rings. The van der Waals surface area contributed by atoms with E-state index in [0.29, 0.717) is 39.3 Å². The first kappa shape index (κ1) is 25.2. The van der Waals surface area contributed by atoms with Gasteiger partial charge >= 0.3 is 0 Å². The molecule has 0 saturated heterocycles. The SMILES string of the molecule is COc1ccc(NC(=O)COc2ccc(/C=N/NC(=O)c3cc4c(s3)CCC(C)C4)cc2OC)cc1. The predicted molar refractivity (Wildman–Crippen MR) is 141 cm³/mol. The molecule has 2 aromatic carbocycles. The molecule has 1 atom stereocenters. The Morgan fingerprint density at radius 1 is 1.08 bits per heavy atom. The van der Waals surface area contributed by atoms with Crippen molar-refractivity contribution >= 4 is 35.1 Å². The highest BCUT2D eigenvalue weighted by Gasteiger charge is 2.20. The van der Waals surface area contributed by atoms with E-state index in [0.717, 1.165) is 12.8 Å². The molecule has 36 heavy (non-hydrogen) atoms. The minimum Gasteiger partial charge on any atom is -0.497 e. The van der Waals surface area contributed by atoms with Crippen molar-refractivity contribution in [2.75, 3.05) is 26.1 Å². The number of rotatable bonds is 9. The third kappa shape index (κ3) is 6.42. The van der Waals surface area contributed by atoms with Gasteiger partial charge in [-0.25, -0.2) is 5.43 Å². The van der Waals surface area contributed by atoms with Crippen molar-refractivity contribution in [2.45, 2.75) is 26.2 Å². The maximum absolute atomic E-state index is 12.5. The lowest BCUT2D eigenvalue weighted by molar-refractivity contribution is -0.118. The van der Waals surface area contributed by atoms with Crippen molar-refractivity contribution < 1.29 is 23.8 Å². The van der Waals surface area contributed by atoms with E-state index in [1.807, 2.05) is 6.07 Å². The minimum absolute atomic E-state index is 0.185. The van der Waals surface area contributed by atoms with Gasteiger partial charge in [0.2, 0.25) is 0 Å². The summed E-state index contributed by atoms with van der Waals surface area (Å²) < 4.78 is 16.1. The smallest absolute Gasteiger partial charge is 0.281 e. The summed E-state index contributed by atoms with van der Waals surface area (Å²) in [6, 6.07) is 14.2. The fourth-order valence-electron chi connectivity index (χ4n) is 3.94. The molecule has 0 spiro atoms. The molecule has 0 bridgehead atoms. The van der Waals surface area contributed by atoms with Gasteiger partial charge in [0.25, 0.3) is 11.8 Å². The summed E-state index contributed by atoms with van der Waals surface area (Å²) in [5, 5.41) is 6.85. The molecule has 1 unspecified atom stereocenters. The molecule has 1 heterocycles. The number of aryl methyl sites for hydroxylation is 1. The highest BCUT2D eigenvalue weighted by atomic mass is 32.1. The van der Waals surface area contributed by atoms with Gasteiger partial charge in [-0.2, -0.15) is 5.10 Å². The summed E-state index contributed by atoms with van der Waals surface area (Å²) in [6.07, 6.45) is 4.77. The molecule has 0 saturated carbocycles. The van der Waals surface area contributed by atoms with E-state index in [4.69, 9.17) is 14.2 Å². The lowest BCUT2D eigenvalue weighted by Crippen LogP contribution is -2.20. The lowest BCUT2D eigenvalue weighted by atomic mass is 9.90. The van der Waals surface area contributed by atoms with Crippen LogP contribution in [-0.2, 0) is 17.6 Å². The summed E-state index contributed by atoms with van der Waals surface area (Å²) >= 11 is 1.55. The zero-order valence-corrected chi connectivity index (χ0v) is 21.3. The molecular formula is C27H29N3O5S. The molecule has 1 aliphatic rings. The third-order valence-electron chi connectivity index (χ3n) is 5.85. The van der Waals surface area contributed by atoms with Gasteiger partial charge in [0, 0.05) is 10.6 Å². The molecule has 9 heteroatoms. The van der Waals surface area contributed by atoms with Crippen LogP contribution in [0.3, 0.4) is 0 Å². The zero-order chi connectivity index (χ0) is 25.5.